The van der Waals surface area contributed by atoms with Gasteiger partial charge in [-0.05, 0) is 61.7 Å². The Morgan fingerprint density at radius 3 is 2.43 bits per heavy atom. The van der Waals surface area contributed by atoms with Crippen LogP contribution in [0, 0.1) is 13.8 Å². The molecule has 4 nitrogen and oxygen atoms in total. The van der Waals surface area contributed by atoms with Crippen molar-refractivity contribution in [3.8, 4) is 0 Å². The fourth-order valence-corrected chi connectivity index (χ4v) is 3.92. The number of anilines is 2. The van der Waals surface area contributed by atoms with Crippen LogP contribution in [-0.4, -0.2) is 17.1 Å². The number of amides is 2. The molecule has 0 aromatic heterocycles. The topological polar surface area (TPSA) is 58.2 Å². The predicted octanol–water partition coefficient (Wildman–Crippen LogP) is 5.60. The minimum absolute atomic E-state index is 0.0489. The molecule has 0 spiro atoms. The smallest absolute Gasteiger partial charge is 0.237 e. The first-order valence-corrected chi connectivity index (χ1v) is 10.8. The predicted molar refractivity (Wildman–Crippen MR) is 125 cm³/mol. The average Bonchev–Trinajstić information content (AvgIpc) is 2.71. The van der Waals surface area contributed by atoms with Gasteiger partial charge in [0.05, 0.1) is 11.7 Å². The standard InChI is InChI=1S/C25H26N2O2S/c1-17-12-13-18(2)23(14-17)27-25(29)19(3)30-22-11-7-10-21(16-22)26-24(28)15-20-8-5-4-6-9-20/h4-14,16,19H,15H2,1-3H3,(H,26,28)(H,27,29). The maximum absolute atomic E-state index is 12.6. The van der Waals surface area contributed by atoms with Crippen molar-refractivity contribution < 1.29 is 9.59 Å². The Morgan fingerprint density at radius 1 is 0.900 bits per heavy atom. The Labute approximate surface area is 182 Å². The second-order valence-electron chi connectivity index (χ2n) is 7.31. The molecule has 0 bridgehead atoms. The first-order valence-electron chi connectivity index (χ1n) is 9.89. The highest BCUT2D eigenvalue weighted by molar-refractivity contribution is 8.00. The van der Waals surface area contributed by atoms with E-state index in [1.165, 1.54) is 11.8 Å². The van der Waals surface area contributed by atoms with Crippen LogP contribution in [0.5, 0.6) is 0 Å². The van der Waals surface area contributed by atoms with Crippen LogP contribution in [0.15, 0.2) is 77.7 Å². The second-order valence-corrected chi connectivity index (χ2v) is 8.72. The zero-order chi connectivity index (χ0) is 21.5. The van der Waals surface area contributed by atoms with Gasteiger partial charge in [-0.2, -0.15) is 0 Å². The molecule has 30 heavy (non-hydrogen) atoms. The summed E-state index contributed by atoms with van der Waals surface area (Å²) in [6.07, 6.45) is 0.326. The maximum Gasteiger partial charge on any atom is 0.237 e. The summed E-state index contributed by atoms with van der Waals surface area (Å²) in [4.78, 5) is 25.9. The lowest BCUT2D eigenvalue weighted by Gasteiger charge is -2.15. The summed E-state index contributed by atoms with van der Waals surface area (Å²) in [6.45, 7) is 5.87. The van der Waals surface area contributed by atoms with E-state index in [0.29, 0.717) is 6.42 Å². The SMILES string of the molecule is Cc1ccc(C)c(NC(=O)C(C)Sc2cccc(NC(=O)Cc3ccccc3)c2)c1. The van der Waals surface area contributed by atoms with Gasteiger partial charge in [0.15, 0.2) is 0 Å². The van der Waals surface area contributed by atoms with Crippen LogP contribution in [0.2, 0.25) is 0 Å². The first kappa shape index (κ1) is 21.7. The Bertz CT molecular complexity index is 1030. The number of benzene rings is 3. The minimum Gasteiger partial charge on any atom is -0.326 e. The second kappa shape index (κ2) is 10.1. The summed E-state index contributed by atoms with van der Waals surface area (Å²) in [5.41, 5.74) is 4.68. The molecular formula is C25H26N2O2S. The molecule has 154 valence electrons. The highest BCUT2D eigenvalue weighted by atomic mass is 32.2. The molecule has 1 atom stereocenters. The van der Waals surface area contributed by atoms with Gasteiger partial charge in [0.25, 0.3) is 0 Å². The molecule has 0 saturated heterocycles. The lowest BCUT2D eigenvalue weighted by atomic mass is 10.1. The molecule has 3 rings (SSSR count). The number of rotatable bonds is 7. The fourth-order valence-electron chi connectivity index (χ4n) is 3.00. The average molecular weight is 419 g/mol. The van der Waals surface area contributed by atoms with Gasteiger partial charge < -0.3 is 10.6 Å². The van der Waals surface area contributed by atoms with E-state index < -0.39 is 0 Å². The summed E-state index contributed by atoms with van der Waals surface area (Å²) >= 11 is 1.46. The van der Waals surface area contributed by atoms with Crippen LogP contribution < -0.4 is 10.6 Å². The van der Waals surface area contributed by atoms with Gasteiger partial charge in [-0.15, -0.1) is 11.8 Å². The van der Waals surface area contributed by atoms with Gasteiger partial charge in [-0.1, -0.05) is 48.5 Å². The third kappa shape index (κ3) is 6.22. The van der Waals surface area contributed by atoms with E-state index in [-0.39, 0.29) is 17.1 Å². The Hall–Kier alpha value is -3.05. The molecule has 0 aliphatic heterocycles. The number of hydrogen-bond donors (Lipinski definition) is 2. The molecule has 0 fully saturated rings. The van der Waals surface area contributed by atoms with Crippen LogP contribution in [0.3, 0.4) is 0 Å². The van der Waals surface area contributed by atoms with E-state index in [2.05, 4.69) is 10.6 Å². The van der Waals surface area contributed by atoms with E-state index in [4.69, 9.17) is 0 Å². The molecule has 0 radical (unpaired) electrons. The van der Waals surface area contributed by atoms with Crippen LogP contribution in [0.4, 0.5) is 11.4 Å². The van der Waals surface area contributed by atoms with Crippen molar-refractivity contribution in [2.75, 3.05) is 10.6 Å². The molecule has 0 aliphatic rings. The van der Waals surface area contributed by atoms with E-state index in [1.807, 2.05) is 93.6 Å². The van der Waals surface area contributed by atoms with Crippen molar-refractivity contribution in [1.82, 2.24) is 0 Å². The molecular weight excluding hydrogens is 392 g/mol. The number of thioether (sulfide) groups is 1. The molecule has 5 heteroatoms. The van der Waals surface area contributed by atoms with E-state index in [1.54, 1.807) is 0 Å². The lowest BCUT2D eigenvalue weighted by Crippen LogP contribution is -2.22. The Morgan fingerprint density at radius 2 is 1.67 bits per heavy atom. The third-order valence-electron chi connectivity index (χ3n) is 4.66. The molecule has 3 aromatic carbocycles. The van der Waals surface area contributed by atoms with Gasteiger partial charge in [-0.25, -0.2) is 0 Å². The van der Waals surface area contributed by atoms with Crippen molar-refractivity contribution in [1.29, 1.82) is 0 Å². The van der Waals surface area contributed by atoms with E-state index >= 15 is 0 Å². The van der Waals surface area contributed by atoms with Crippen LogP contribution in [0.1, 0.15) is 23.6 Å². The Kier molecular flexibility index (Phi) is 7.31. The summed E-state index contributed by atoms with van der Waals surface area (Å²) in [7, 11) is 0. The highest BCUT2D eigenvalue weighted by Gasteiger charge is 2.16. The van der Waals surface area contributed by atoms with Crippen LogP contribution in [-0.2, 0) is 16.0 Å². The van der Waals surface area contributed by atoms with Gasteiger partial charge in [0.2, 0.25) is 11.8 Å². The maximum atomic E-state index is 12.6. The quantitative estimate of drug-likeness (QED) is 0.491. The molecule has 2 amide bonds. The number of aryl methyl sites for hydroxylation is 2. The van der Waals surface area contributed by atoms with Crippen molar-refractivity contribution in [2.45, 2.75) is 37.3 Å². The molecule has 2 N–H and O–H groups in total. The van der Waals surface area contributed by atoms with Crippen LogP contribution >= 0.6 is 11.8 Å². The summed E-state index contributed by atoms with van der Waals surface area (Å²) in [6, 6.07) is 23.2. The zero-order valence-corrected chi connectivity index (χ0v) is 18.3. The van der Waals surface area contributed by atoms with E-state index in [9.17, 15) is 9.59 Å². The monoisotopic (exact) mass is 418 g/mol. The first-order chi connectivity index (χ1) is 14.4. The summed E-state index contributed by atoms with van der Waals surface area (Å²) < 4.78 is 0. The number of carbonyl (C=O) groups is 2. The summed E-state index contributed by atoms with van der Waals surface area (Å²) in [5.74, 6) is -0.115. The number of hydrogen-bond acceptors (Lipinski definition) is 3. The van der Waals surface area contributed by atoms with Gasteiger partial charge in [0, 0.05) is 16.3 Å². The molecule has 0 aliphatic carbocycles. The third-order valence-corrected chi connectivity index (χ3v) is 5.75. The fraction of sp³-hybridized carbons (Fsp3) is 0.200. The number of nitrogens with one attached hydrogen (secondary N) is 2. The van der Waals surface area contributed by atoms with Crippen molar-refractivity contribution in [3.63, 3.8) is 0 Å². The highest BCUT2D eigenvalue weighted by Crippen LogP contribution is 2.27. The minimum atomic E-state index is -0.278. The zero-order valence-electron chi connectivity index (χ0n) is 17.4. The molecule has 3 aromatic rings. The number of carbonyl (C=O) groups excluding carboxylic acids is 2. The van der Waals surface area contributed by atoms with E-state index in [0.717, 1.165) is 33.0 Å². The van der Waals surface area contributed by atoms with Crippen LogP contribution in [0.25, 0.3) is 0 Å². The largest absolute Gasteiger partial charge is 0.326 e. The van der Waals surface area contributed by atoms with Gasteiger partial charge >= 0.3 is 0 Å². The molecule has 0 saturated carbocycles. The van der Waals surface area contributed by atoms with Gasteiger partial charge in [0.1, 0.15) is 0 Å². The van der Waals surface area contributed by atoms with Crippen molar-refractivity contribution >= 4 is 35.0 Å². The molecule has 0 heterocycles. The Balaban J connectivity index is 1.59. The normalized spacial score (nSPS) is 11.6. The lowest BCUT2D eigenvalue weighted by molar-refractivity contribution is -0.116. The van der Waals surface area contributed by atoms with Crippen molar-refractivity contribution in [3.05, 3.63) is 89.5 Å². The molecule has 1 unspecified atom stereocenters. The summed E-state index contributed by atoms with van der Waals surface area (Å²) in [5, 5.41) is 5.67. The van der Waals surface area contributed by atoms with Crippen molar-refractivity contribution in [2.24, 2.45) is 0 Å². The van der Waals surface area contributed by atoms with Gasteiger partial charge in [-0.3, -0.25) is 9.59 Å².